The fourth-order valence-corrected chi connectivity index (χ4v) is 6.37. The maximum atomic E-state index is 5.44. The van der Waals surface area contributed by atoms with Crippen LogP contribution in [-0.2, 0) is 0 Å². The zero-order chi connectivity index (χ0) is 28.0. The van der Waals surface area contributed by atoms with E-state index in [1.165, 1.54) is 38.3 Å². The lowest BCUT2D eigenvalue weighted by Gasteiger charge is -2.15. The zero-order valence-corrected chi connectivity index (χ0v) is 23.4. The SMILES string of the molecule is CC1=C(c2ccccc2)N=C(c2ccccc2)C(n2ccc3ccc4c(c5ccccc5n4-c4ccccc4)c32)=CC1. The standard InChI is InChI=1S/C39H29N3/c1-27-21-23-35(38(29-15-7-3-8-16-29)40-37(27)28-13-5-2-6-14-28)41-26-25-30-22-24-34-36(39(30)41)32-19-11-12-20-33(32)42(34)31-17-9-4-10-18-31/h2-20,22-26H,21H2,1H3. The highest BCUT2D eigenvalue weighted by atomic mass is 15.0. The van der Waals surface area contributed by atoms with Gasteiger partial charge in [0.1, 0.15) is 0 Å². The molecule has 42 heavy (non-hydrogen) atoms. The van der Waals surface area contributed by atoms with Crippen LogP contribution in [0.2, 0.25) is 0 Å². The number of nitrogens with zero attached hydrogens (tertiary/aromatic N) is 3. The van der Waals surface area contributed by atoms with Crippen molar-refractivity contribution in [1.82, 2.24) is 9.13 Å². The Kier molecular flexibility index (Phi) is 5.75. The lowest BCUT2D eigenvalue weighted by atomic mass is 10.0. The first-order valence-electron chi connectivity index (χ1n) is 14.5. The van der Waals surface area contributed by atoms with E-state index in [2.05, 4.69) is 162 Å². The first-order chi connectivity index (χ1) is 20.8. The maximum absolute atomic E-state index is 5.44. The number of fused-ring (bicyclic) bond motifs is 5. The molecular weight excluding hydrogens is 510 g/mol. The summed E-state index contributed by atoms with van der Waals surface area (Å²) in [4.78, 5) is 5.44. The molecule has 0 saturated carbocycles. The third kappa shape index (κ3) is 3.86. The highest BCUT2D eigenvalue weighted by Crippen LogP contribution is 2.39. The van der Waals surface area contributed by atoms with Crippen molar-refractivity contribution in [2.24, 2.45) is 4.99 Å². The Bertz CT molecular complexity index is 2190. The first kappa shape index (κ1) is 24.4. The van der Waals surface area contributed by atoms with E-state index in [9.17, 15) is 0 Å². The van der Waals surface area contributed by atoms with Gasteiger partial charge in [0.05, 0.1) is 33.7 Å². The number of para-hydroxylation sites is 2. The van der Waals surface area contributed by atoms with Crippen LogP contribution >= 0.6 is 0 Å². The van der Waals surface area contributed by atoms with Gasteiger partial charge < -0.3 is 9.13 Å². The van der Waals surface area contributed by atoms with E-state index in [4.69, 9.17) is 4.99 Å². The number of benzene rings is 5. The summed E-state index contributed by atoms with van der Waals surface area (Å²) in [6.45, 7) is 2.20. The Morgan fingerprint density at radius 3 is 2.05 bits per heavy atom. The van der Waals surface area contributed by atoms with E-state index >= 15 is 0 Å². The Balaban J connectivity index is 1.43. The first-order valence-corrected chi connectivity index (χ1v) is 14.5. The van der Waals surface area contributed by atoms with Gasteiger partial charge in [-0.05, 0) is 49.2 Å². The molecule has 8 rings (SSSR count). The Labute approximate surface area is 245 Å². The number of allylic oxidation sites excluding steroid dienone is 3. The van der Waals surface area contributed by atoms with Crippen LogP contribution in [0.4, 0.5) is 0 Å². The smallest absolute Gasteiger partial charge is 0.0946 e. The average Bonchev–Trinajstić information content (AvgIpc) is 3.57. The van der Waals surface area contributed by atoms with Gasteiger partial charge in [-0.3, -0.25) is 0 Å². The molecule has 0 unspecified atom stereocenters. The molecule has 7 aromatic rings. The second-order valence-corrected chi connectivity index (χ2v) is 10.9. The molecule has 0 bridgehead atoms. The molecule has 3 nitrogen and oxygen atoms in total. The molecule has 0 spiro atoms. The molecule has 0 N–H and O–H groups in total. The monoisotopic (exact) mass is 539 g/mol. The summed E-state index contributed by atoms with van der Waals surface area (Å²) in [5.74, 6) is 0. The van der Waals surface area contributed by atoms with Crippen LogP contribution in [0, 0.1) is 0 Å². The molecule has 0 fully saturated rings. The second kappa shape index (κ2) is 9.90. The lowest BCUT2D eigenvalue weighted by Crippen LogP contribution is -2.10. The summed E-state index contributed by atoms with van der Waals surface area (Å²) in [6, 6.07) is 47.3. The number of hydrogen-bond acceptors (Lipinski definition) is 1. The fraction of sp³-hybridized carbons (Fsp3) is 0.0513. The Hall–Kier alpha value is -5.41. The molecule has 2 aromatic heterocycles. The van der Waals surface area contributed by atoms with E-state index in [1.54, 1.807) is 0 Å². The molecule has 0 aliphatic carbocycles. The highest BCUT2D eigenvalue weighted by molar-refractivity contribution is 6.31. The van der Waals surface area contributed by atoms with E-state index in [0.717, 1.165) is 40.3 Å². The van der Waals surface area contributed by atoms with Gasteiger partial charge in [-0.1, -0.05) is 109 Å². The molecule has 200 valence electrons. The quantitative estimate of drug-likeness (QED) is 0.212. The van der Waals surface area contributed by atoms with Crippen LogP contribution in [0.25, 0.3) is 49.8 Å². The molecule has 1 aliphatic heterocycles. The number of rotatable bonds is 4. The molecule has 3 heteroatoms. The van der Waals surface area contributed by atoms with E-state index in [0.29, 0.717) is 0 Å². The van der Waals surface area contributed by atoms with Gasteiger partial charge in [-0.15, -0.1) is 0 Å². The summed E-state index contributed by atoms with van der Waals surface area (Å²) in [5, 5.41) is 3.71. The lowest BCUT2D eigenvalue weighted by molar-refractivity contribution is 1.16. The van der Waals surface area contributed by atoms with Crippen molar-refractivity contribution in [3.63, 3.8) is 0 Å². The molecule has 3 heterocycles. The second-order valence-electron chi connectivity index (χ2n) is 10.9. The van der Waals surface area contributed by atoms with Crippen molar-refractivity contribution in [2.45, 2.75) is 13.3 Å². The largest absolute Gasteiger partial charge is 0.314 e. The van der Waals surface area contributed by atoms with E-state index < -0.39 is 0 Å². The van der Waals surface area contributed by atoms with Gasteiger partial charge in [0.2, 0.25) is 0 Å². The van der Waals surface area contributed by atoms with Crippen molar-refractivity contribution in [1.29, 1.82) is 0 Å². The molecular formula is C39H29N3. The van der Waals surface area contributed by atoms with Crippen LogP contribution in [0.15, 0.2) is 156 Å². The predicted octanol–water partition coefficient (Wildman–Crippen LogP) is 9.90. The number of hydrogen-bond donors (Lipinski definition) is 0. The van der Waals surface area contributed by atoms with Gasteiger partial charge in [0.15, 0.2) is 0 Å². The van der Waals surface area contributed by atoms with Gasteiger partial charge in [-0.2, -0.15) is 0 Å². The third-order valence-electron chi connectivity index (χ3n) is 8.33. The van der Waals surface area contributed by atoms with Crippen LogP contribution in [0.1, 0.15) is 24.5 Å². The highest BCUT2D eigenvalue weighted by Gasteiger charge is 2.22. The van der Waals surface area contributed by atoms with Crippen molar-refractivity contribution >= 4 is 49.8 Å². The van der Waals surface area contributed by atoms with Gasteiger partial charge in [-0.25, -0.2) is 4.99 Å². The topological polar surface area (TPSA) is 22.2 Å². The van der Waals surface area contributed by atoms with Crippen molar-refractivity contribution in [3.8, 4) is 5.69 Å². The summed E-state index contributed by atoms with van der Waals surface area (Å²) in [7, 11) is 0. The Morgan fingerprint density at radius 1 is 0.619 bits per heavy atom. The number of aliphatic imine (C=N–C) groups is 1. The summed E-state index contributed by atoms with van der Waals surface area (Å²) in [5.41, 5.74) is 11.4. The number of aromatic nitrogens is 2. The minimum absolute atomic E-state index is 0.820. The van der Waals surface area contributed by atoms with Crippen LogP contribution in [0.5, 0.6) is 0 Å². The van der Waals surface area contributed by atoms with E-state index in [-0.39, 0.29) is 0 Å². The maximum Gasteiger partial charge on any atom is 0.0946 e. The van der Waals surface area contributed by atoms with Crippen LogP contribution in [-0.4, -0.2) is 14.8 Å². The van der Waals surface area contributed by atoms with Gasteiger partial charge >= 0.3 is 0 Å². The average molecular weight is 540 g/mol. The Morgan fingerprint density at radius 2 is 1.29 bits per heavy atom. The minimum atomic E-state index is 0.820. The predicted molar refractivity (Wildman–Crippen MR) is 177 cm³/mol. The molecule has 0 amide bonds. The van der Waals surface area contributed by atoms with Gasteiger partial charge in [0.25, 0.3) is 0 Å². The summed E-state index contributed by atoms with van der Waals surface area (Å²) < 4.78 is 4.75. The zero-order valence-electron chi connectivity index (χ0n) is 23.4. The summed E-state index contributed by atoms with van der Waals surface area (Å²) >= 11 is 0. The molecule has 0 atom stereocenters. The van der Waals surface area contributed by atoms with Crippen molar-refractivity contribution in [2.75, 3.05) is 0 Å². The molecule has 0 radical (unpaired) electrons. The molecule has 1 aliphatic rings. The van der Waals surface area contributed by atoms with Crippen molar-refractivity contribution in [3.05, 3.63) is 162 Å². The van der Waals surface area contributed by atoms with Crippen molar-refractivity contribution < 1.29 is 0 Å². The summed E-state index contributed by atoms with van der Waals surface area (Å²) in [6.07, 6.45) is 5.39. The third-order valence-corrected chi connectivity index (χ3v) is 8.33. The molecule has 5 aromatic carbocycles. The minimum Gasteiger partial charge on any atom is -0.314 e. The van der Waals surface area contributed by atoms with Gasteiger partial charge in [0, 0.05) is 39.2 Å². The fourth-order valence-electron chi connectivity index (χ4n) is 6.37. The van der Waals surface area contributed by atoms with Crippen LogP contribution in [0.3, 0.4) is 0 Å². The normalized spacial score (nSPS) is 13.9. The van der Waals surface area contributed by atoms with Crippen LogP contribution < -0.4 is 0 Å². The van der Waals surface area contributed by atoms with E-state index in [1.807, 2.05) is 0 Å². The molecule has 0 saturated heterocycles.